The summed E-state index contributed by atoms with van der Waals surface area (Å²) in [5.41, 5.74) is 1.11. The number of carbonyl (C=O) groups is 1. The van der Waals surface area contributed by atoms with E-state index in [2.05, 4.69) is 5.32 Å². The lowest BCUT2D eigenvalue weighted by molar-refractivity contribution is -0.149. The molecule has 2 aliphatic rings. The maximum Gasteiger partial charge on any atom is 0.311 e. The minimum absolute atomic E-state index is 0.0726. The molecular formula is C14H19NO3. The average Bonchev–Trinajstić information content (AvgIpc) is 2.97. The molecule has 4 heteroatoms. The van der Waals surface area contributed by atoms with Crippen molar-refractivity contribution in [3.63, 3.8) is 0 Å². The highest BCUT2D eigenvalue weighted by molar-refractivity contribution is 5.76. The van der Waals surface area contributed by atoms with Crippen LogP contribution in [0.25, 0.3) is 0 Å². The van der Waals surface area contributed by atoms with Crippen LogP contribution in [-0.4, -0.2) is 25.7 Å². The van der Waals surface area contributed by atoms with Gasteiger partial charge in [0.1, 0.15) is 5.76 Å². The highest BCUT2D eigenvalue weighted by Gasteiger charge is 2.51. The summed E-state index contributed by atoms with van der Waals surface area (Å²) < 4.78 is 10.8. The van der Waals surface area contributed by atoms with Crippen LogP contribution in [0.1, 0.15) is 31.1 Å². The third kappa shape index (κ3) is 1.59. The predicted molar refractivity (Wildman–Crippen MR) is 66.3 cm³/mol. The second-order valence-corrected chi connectivity index (χ2v) is 5.20. The van der Waals surface area contributed by atoms with Crippen molar-refractivity contribution in [2.45, 2.75) is 31.6 Å². The van der Waals surface area contributed by atoms with E-state index in [1.165, 1.54) is 5.56 Å². The second-order valence-electron chi connectivity index (χ2n) is 5.20. The van der Waals surface area contributed by atoms with E-state index >= 15 is 0 Å². The number of ether oxygens (including phenoxy) is 1. The van der Waals surface area contributed by atoms with Crippen LogP contribution in [-0.2, 0) is 21.4 Å². The van der Waals surface area contributed by atoms with Crippen molar-refractivity contribution in [2.75, 3.05) is 19.7 Å². The molecule has 0 amide bonds. The van der Waals surface area contributed by atoms with Crippen molar-refractivity contribution in [1.82, 2.24) is 5.32 Å². The maximum absolute atomic E-state index is 12.2. The van der Waals surface area contributed by atoms with Gasteiger partial charge in [-0.1, -0.05) is 0 Å². The van der Waals surface area contributed by atoms with Crippen LogP contribution >= 0.6 is 0 Å². The largest absolute Gasteiger partial charge is 0.469 e. The first kappa shape index (κ1) is 11.8. The lowest BCUT2D eigenvalue weighted by Gasteiger charge is -2.36. The number of nitrogens with one attached hydrogen (secondary N) is 1. The van der Waals surface area contributed by atoms with Gasteiger partial charge in [-0.3, -0.25) is 4.79 Å². The molecule has 1 fully saturated rings. The lowest BCUT2D eigenvalue weighted by Crippen LogP contribution is -2.42. The predicted octanol–water partition coefficient (Wildman–Crippen LogP) is 1.64. The minimum Gasteiger partial charge on any atom is -0.469 e. The van der Waals surface area contributed by atoms with E-state index in [-0.39, 0.29) is 17.3 Å². The molecule has 1 saturated heterocycles. The summed E-state index contributed by atoms with van der Waals surface area (Å²) in [6.07, 6.45) is 4.85. The van der Waals surface area contributed by atoms with E-state index in [0.717, 1.165) is 31.6 Å². The van der Waals surface area contributed by atoms with E-state index in [1.807, 2.05) is 13.0 Å². The molecule has 1 aliphatic carbocycles. The molecule has 1 spiro atoms. The van der Waals surface area contributed by atoms with Crippen LogP contribution in [0.3, 0.4) is 0 Å². The van der Waals surface area contributed by atoms with Gasteiger partial charge < -0.3 is 14.5 Å². The molecule has 0 bridgehead atoms. The van der Waals surface area contributed by atoms with Crippen molar-refractivity contribution in [2.24, 2.45) is 5.92 Å². The molecule has 98 valence electrons. The monoisotopic (exact) mass is 249 g/mol. The third-order valence-electron chi connectivity index (χ3n) is 4.34. The molecule has 3 rings (SSSR count). The number of aryl methyl sites for hydroxylation is 1. The van der Waals surface area contributed by atoms with Gasteiger partial charge in [-0.25, -0.2) is 0 Å². The van der Waals surface area contributed by atoms with E-state index in [4.69, 9.17) is 9.15 Å². The molecule has 0 saturated carbocycles. The molecule has 1 aromatic heterocycles. The Balaban J connectivity index is 1.97. The molecule has 2 atom stereocenters. The molecule has 0 aromatic carbocycles. The number of carbonyl (C=O) groups excluding carboxylic acids is 1. The molecule has 0 radical (unpaired) electrons. The van der Waals surface area contributed by atoms with Gasteiger partial charge in [0.25, 0.3) is 0 Å². The first-order valence-corrected chi connectivity index (χ1v) is 6.72. The van der Waals surface area contributed by atoms with Gasteiger partial charge in [0.05, 0.1) is 18.8 Å². The van der Waals surface area contributed by atoms with Crippen LogP contribution in [0.4, 0.5) is 0 Å². The smallest absolute Gasteiger partial charge is 0.311 e. The minimum atomic E-state index is -0.104. The van der Waals surface area contributed by atoms with Crippen molar-refractivity contribution < 1.29 is 13.9 Å². The summed E-state index contributed by atoms with van der Waals surface area (Å²) in [4.78, 5) is 12.2. The van der Waals surface area contributed by atoms with Crippen molar-refractivity contribution in [3.05, 3.63) is 23.7 Å². The zero-order valence-corrected chi connectivity index (χ0v) is 10.7. The SMILES string of the molecule is CCOC(=O)C1CNCC12CCCc1occc12. The van der Waals surface area contributed by atoms with E-state index in [1.54, 1.807) is 6.26 Å². The van der Waals surface area contributed by atoms with Crippen molar-refractivity contribution in [3.8, 4) is 0 Å². The highest BCUT2D eigenvalue weighted by atomic mass is 16.5. The summed E-state index contributed by atoms with van der Waals surface area (Å²) in [5.74, 6) is 0.907. The standard InChI is InChI=1S/C14H19NO3/c1-2-17-13(16)11-8-15-9-14(11)6-3-4-12-10(14)5-7-18-12/h5,7,11,15H,2-4,6,8-9H2,1H3. The number of rotatable bonds is 2. The fourth-order valence-corrected chi connectivity index (χ4v) is 3.53. The third-order valence-corrected chi connectivity index (χ3v) is 4.34. The maximum atomic E-state index is 12.2. The van der Waals surface area contributed by atoms with Gasteiger partial charge >= 0.3 is 5.97 Å². The first-order chi connectivity index (χ1) is 8.78. The van der Waals surface area contributed by atoms with Crippen LogP contribution in [0.15, 0.2) is 16.7 Å². The van der Waals surface area contributed by atoms with E-state index < -0.39 is 0 Å². The summed E-state index contributed by atoms with van der Waals surface area (Å²) in [7, 11) is 0. The Kier molecular flexibility index (Phi) is 2.90. The van der Waals surface area contributed by atoms with E-state index in [0.29, 0.717) is 13.2 Å². The number of esters is 1. The van der Waals surface area contributed by atoms with Crippen LogP contribution in [0.2, 0.25) is 0 Å². The summed E-state index contributed by atoms with van der Waals surface area (Å²) in [6.45, 7) is 3.87. The molecule has 2 unspecified atom stereocenters. The zero-order valence-electron chi connectivity index (χ0n) is 10.7. The molecular weight excluding hydrogens is 230 g/mol. The average molecular weight is 249 g/mol. The quantitative estimate of drug-likeness (QED) is 0.809. The zero-order chi connectivity index (χ0) is 12.6. The molecule has 4 nitrogen and oxygen atoms in total. The highest BCUT2D eigenvalue weighted by Crippen LogP contribution is 2.45. The second kappa shape index (κ2) is 4.43. The Bertz CT molecular complexity index is 454. The van der Waals surface area contributed by atoms with Gasteiger partial charge in [-0.2, -0.15) is 0 Å². The topological polar surface area (TPSA) is 51.5 Å². The van der Waals surface area contributed by atoms with Gasteiger partial charge in [-0.15, -0.1) is 0 Å². The lowest BCUT2D eigenvalue weighted by atomic mass is 9.66. The number of hydrogen-bond donors (Lipinski definition) is 1. The number of hydrogen-bond acceptors (Lipinski definition) is 4. The van der Waals surface area contributed by atoms with Crippen LogP contribution < -0.4 is 5.32 Å². The first-order valence-electron chi connectivity index (χ1n) is 6.72. The van der Waals surface area contributed by atoms with Gasteiger partial charge in [0.2, 0.25) is 0 Å². The summed E-state index contributed by atoms with van der Waals surface area (Å²) in [5, 5.41) is 3.36. The number of furan rings is 1. The molecule has 1 aromatic rings. The Morgan fingerprint density at radius 1 is 1.67 bits per heavy atom. The fourth-order valence-electron chi connectivity index (χ4n) is 3.53. The Labute approximate surface area is 107 Å². The van der Waals surface area contributed by atoms with Crippen molar-refractivity contribution in [1.29, 1.82) is 0 Å². The summed E-state index contributed by atoms with van der Waals surface area (Å²) >= 11 is 0. The van der Waals surface area contributed by atoms with Crippen LogP contribution in [0.5, 0.6) is 0 Å². The van der Waals surface area contributed by atoms with Crippen molar-refractivity contribution >= 4 is 5.97 Å². The van der Waals surface area contributed by atoms with Gasteiger partial charge in [0, 0.05) is 30.5 Å². The molecule has 2 heterocycles. The molecule has 18 heavy (non-hydrogen) atoms. The van der Waals surface area contributed by atoms with Gasteiger partial charge in [0.15, 0.2) is 0 Å². The Morgan fingerprint density at radius 2 is 2.56 bits per heavy atom. The number of fused-ring (bicyclic) bond motifs is 2. The van der Waals surface area contributed by atoms with Crippen LogP contribution in [0, 0.1) is 5.92 Å². The Hall–Kier alpha value is -1.29. The van der Waals surface area contributed by atoms with E-state index in [9.17, 15) is 4.79 Å². The molecule has 1 N–H and O–H groups in total. The normalized spacial score (nSPS) is 30.4. The summed E-state index contributed by atoms with van der Waals surface area (Å²) in [6, 6.07) is 2.04. The van der Waals surface area contributed by atoms with Gasteiger partial charge in [-0.05, 0) is 25.8 Å². The Morgan fingerprint density at radius 3 is 3.39 bits per heavy atom. The molecule has 1 aliphatic heterocycles. The fraction of sp³-hybridized carbons (Fsp3) is 0.643.